The fourth-order valence-corrected chi connectivity index (χ4v) is 0.507. The number of rotatable bonds is 1. The van der Waals surface area contributed by atoms with Crippen LogP contribution in [0.15, 0.2) is 0 Å². The second-order valence-corrected chi connectivity index (χ2v) is 3.15. The van der Waals surface area contributed by atoms with E-state index in [1.165, 1.54) is 0 Å². The molecule has 0 aromatic heterocycles. The molecule has 1 N–H and O–H groups in total. The highest BCUT2D eigenvalue weighted by Gasteiger charge is 2.10. The average Bonchev–Trinajstić information content (AvgIpc) is 1.62. The molecule has 9 heavy (non-hydrogen) atoms. The molecule has 0 rings (SSSR count). The van der Waals surface area contributed by atoms with Crippen LogP contribution in [0.5, 0.6) is 0 Å². The van der Waals surface area contributed by atoms with Crippen molar-refractivity contribution in [3.63, 3.8) is 0 Å². The minimum absolute atomic E-state index is 0.0763. The van der Waals surface area contributed by atoms with Crippen LogP contribution in [0.1, 0.15) is 34.1 Å². The molecule has 0 aromatic carbocycles. The van der Waals surface area contributed by atoms with E-state index in [1.54, 1.807) is 0 Å². The molecule has 2 heteroatoms. The SMILES string of the molecule is CCC(=O)NC(C)(C)C. The van der Waals surface area contributed by atoms with Gasteiger partial charge in [-0.15, -0.1) is 0 Å². The molecular formula is C7H15NO. The molecule has 0 aliphatic carbocycles. The lowest BCUT2D eigenvalue weighted by molar-refractivity contribution is -0.122. The number of hydrogen-bond donors (Lipinski definition) is 1. The highest BCUT2D eigenvalue weighted by Crippen LogP contribution is 1.98. The number of nitrogens with one attached hydrogen (secondary N) is 1. The summed E-state index contributed by atoms with van der Waals surface area (Å²) in [6, 6.07) is 0. The third-order valence-corrected chi connectivity index (χ3v) is 0.836. The molecule has 2 nitrogen and oxygen atoms in total. The number of hydrogen-bond acceptors (Lipinski definition) is 1. The predicted octanol–water partition coefficient (Wildman–Crippen LogP) is 1.31. The molecule has 0 bridgehead atoms. The lowest BCUT2D eigenvalue weighted by Crippen LogP contribution is -2.40. The van der Waals surface area contributed by atoms with Gasteiger partial charge in [0.05, 0.1) is 0 Å². The Kier molecular flexibility index (Phi) is 2.68. The van der Waals surface area contributed by atoms with Crippen LogP contribution in [-0.4, -0.2) is 11.4 Å². The Bertz CT molecular complexity index is 102. The second kappa shape index (κ2) is 2.85. The van der Waals surface area contributed by atoms with E-state index in [9.17, 15) is 4.79 Å². The quantitative estimate of drug-likeness (QED) is 0.568. The largest absolute Gasteiger partial charge is 0.352 e. The molecule has 0 spiro atoms. The normalized spacial score (nSPS) is 11.1. The van der Waals surface area contributed by atoms with Gasteiger partial charge in [0.2, 0.25) is 5.91 Å². The zero-order valence-electron chi connectivity index (χ0n) is 6.62. The number of carbonyl (C=O) groups is 1. The van der Waals surface area contributed by atoms with E-state index in [1.807, 2.05) is 27.7 Å². The van der Waals surface area contributed by atoms with E-state index < -0.39 is 0 Å². The van der Waals surface area contributed by atoms with Gasteiger partial charge in [-0.3, -0.25) is 4.79 Å². The summed E-state index contributed by atoms with van der Waals surface area (Å²) in [4.78, 5) is 10.7. The van der Waals surface area contributed by atoms with Gasteiger partial charge in [-0.05, 0) is 20.8 Å². The molecule has 0 saturated carbocycles. The Balaban J connectivity index is 3.60. The van der Waals surface area contributed by atoms with Crippen molar-refractivity contribution in [2.24, 2.45) is 0 Å². The molecule has 0 fully saturated rings. The molecule has 0 saturated heterocycles. The van der Waals surface area contributed by atoms with E-state index >= 15 is 0 Å². The van der Waals surface area contributed by atoms with Gasteiger partial charge in [-0.25, -0.2) is 0 Å². The van der Waals surface area contributed by atoms with Gasteiger partial charge in [-0.1, -0.05) is 6.92 Å². The molecule has 0 aliphatic rings. The predicted molar refractivity (Wildman–Crippen MR) is 38.2 cm³/mol. The van der Waals surface area contributed by atoms with Crippen LogP contribution in [0.25, 0.3) is 0 Å². The van der Waals surface area contributed by atoms with Crippen LogP contribution >= 0.6 is 0 Å². The molecule has 0 aliphatic heterocycles. The van der Waals surface area contributed by atoms with E-state index in [0.717, 1.165) is 0 Å². The van der Waals surface area contributed by atoms with Crippen molar-refractivity contribution in [3.05, 3.63) is 0 Å². The Labute approximate surface area is 56.6 Å². The van der Waals surface area contributed by atoms with Crippen LogP contribution < -0.4 is 5.32 Å². The van der Waals surface area contributed by atoms with Crippen LogP contribution in [0, 0.1) is 0 Å². The first-order valence-corrected chi connectivity index (χ1v) is 3.26. The molecule has 0 radical (unpaired) electrons. The monoisotopic (exact) mass is 129 g/mol. The van der Waals surface area contributed by atoms with E-state index in [2.05, 4.69) is 5.32 Å². The van der Waals surface area contributed by atoms with E-state index in [4.69, 9.17) is 0 Å². The minimum atomic E-state index is -0.0763. The topological polar surface area (TPSA) is 29.1 Å². The van der Waals surface area contributed by atoms with Crippen LogP contribution in [0.3, 0.4) is 0 Å². The summed E-state index contributed by atoms with van der Waals surface area (Å²) in [7, 11) is 0. The van der Waals surface area contributed by atoms with Crippen LogP contribution in [0.2, 0.25) is 0 Å². The first kappa shape index (κ1) is 8.47. The smallest absolute Gasteiger partial charge is 0.220 e. The van der Waals surface area contributed by atoms with Gasteiger partial charge < -0.3 is 5.32 Å². The average molecular weight is 129 g/mol. The third kappa shape index (κ3) is 5.34. The van der Waals surface area contributed by atoms with Gasteiger partial charge in [-0.2, -0.15) is 0 Å². The number of carbonyl (C=O) groups excluding carboxylic acids is 1. The molecule has 54 valence electrons. The molecule has 0 unspecified atom stereocenters. The minimum Gasteiger partial charge on any atom is -0.352 e. The maximum absolute atomic E-state index is 10.7. The van der Waals surface area contributed by atoms with Crippen LogP contribution in [-0.2, 0) is 4.79 Å². The summed E-state index contributed by atoms with van der Waals surface area (Å²) < 4.78 is 0. The highest BCUT2D eigenvalue weighted by atomic mass is 16.1. The molecule has 0 atom stereocenters. The Hall–Kier alpha value is -0.530. The summed E-state index contributed by atoms with van der Waals surface area (Å²) in [5, 5.41) is 2.83. The molecular weight excluding hydrogens is 114 g/mol. The fraction of sp³-hybridized carbons (Fsp3) is 0.857. The van der Waals surface area contributed by atoms with Crippen molar-refractivity contribution in [1.82, 2.24) is 5.32 Å². The summed E-state index contributed by atoms with van der Waals surface area (Å²) in [6.45, 7) is 7.77. The van der Waals surface area contributed by atoms with Crippen molar-refractivity contribution in [2.75, 3.05) is 0 Å². The van der Waals surface area contributed by atoms with Gasteiger partial charge >= 0.3 is 0 Å². The molecule has 0 heterocycles. The zero-order chi connectivity index (χ0) is 7.49. The summed E-state index contributed by atoms with van der Waals surface area (Å²) in [6.07, 6.45) is 0.567. The van der Waals surface area contributed by atoms with Crippen molar-refractivity contribution < 1.29 is 4.79 Å². The summed E-state index contributed by atoms with van der Waals surface area (Å²) >= 11 is 0. The maximum Gasteiger partial charge on any atom is 0.220 e. The van der Waals surface area contributed by atoms with Crippen molar-refractivity contribution >= 4 is 5.91 Å². The van der Waals surface area contributed by atoms with Gasteiger partial charge in [0.25, 0.3) is 0 Å². The standard InChI is InChI=1S/C7H15NO/c1-5-6(9)8-7(2,3)4/h5H2,1-4H3,(H,8,9). The maximum atomic E-state index is 10.7. The lowest BCUT2D eigenvalue weighted by Gasteiger charge is -2.19. The van der Waals surface area contributed by atoms with Crippen molar-refractivity contribution in [2.45, 2.75) is 39.7 Å². The zero-order valence-corrected chi connectivity index (χ0v) is 6.62. The lowest BCUT2D eigenvalue weighted by atomic mass is 10.1. The second-order valence-electron chi connectivity index (χ2n) is 3.15. The van der Waals surface area contributed by atoms with Gasteiger partial charge in [0.1, 0.15) is 0 Å². The Morgan fingerprint density at radius 2 is 1.89 bits per heavy atom. The third-order valence-electron chi connectivity index (χ3n) is 0.836. The number of amides is 1. The van der Waals surface area contributed by atoms with E-state index in [0.29, 0.717) is 6.42 Å². The highest BCUT2D eigenvalue weighted by molar-refractivity contribution is 5.76. The Morgan fingerprint density at radius 3 is 2.00 bits per heavy atom. The summed E-state index contributed by atoms with van der Waals surface area (Å²) in [5.74, 6) is 0.113. The molecule has 0 aromatic rings. The van der Waals surface area contributed by atoms with Crippen molar-refractivity contribution in [1.29, 1.82) is 0 Å². The summed E-state index contributed by atoms with van der Waals surface area (Å²) in [5.41, 5.74) is -0.0763. The fourth-order valence-electron chi connectivity index (χ4n) is 0.507. The first-order valence-electron chi connectivity index (χ1n) is 3.26. The van der Waals surface area contributed by atoms with Crippen LogP contribution in [0.4, 0.5) is 0 Å². The van der Waals surface area contributed by atoms with E-state index in [-0.39, 0.29) is 11.4 Å². The van der Waals surface area contributed by atoms with Crippen molar-refractivity contribution in [3.8, 4) is 0 Å². The molecule has 1 amide bonds. The Morgan fingerprint density at radius 1 is 1.44 bits per heavy atom. The first-order chi connectivity index (χ1) is 3.95. The van der Waals surface area contributed by atoms with Gasteiger partial charge in [0, 0.05) is 12.0 Å². The van der Waals surface area contributed by atoms with Gasteiger partial charge in [0.15, 0.2) is 0 Å².